The second-order valence-electron chi connectivity index (χ2n) is 5.29. The second kappa shape index (κ2) is 10.9. The van der Waals surface area contributed by atoms with E-state index in [0.717, 1.165) is 12.8 Å². The first kappa shape index (κ1) is 19.4. The largest absolute Gasteiger partial charge is 0.457 e. The van der Waals surface area contributed by atoms with E-state index in [9.17, 15) is 4.79 Å². The maximum absolute atomic E-state index is 11.5. The van der Waals surface area contributed by atoms with Gasteiger partial charge in [-0.2, -0.15) is 0 Å². The van der Waals surface area contributed by atoms with Gasteiger partial charge in [-0.3, -0.25) is 4.79 Å². The number of rotatable bonds is 10. The fraction of sp³-hybridized carbons (Fsp3) is 0.938. The predicted octanol–water partition coefficient (Wildman–Crippen LogP) is 1.94. The monoisotopic (exact) mass is 318 g/mol. The number of carbonyl (C=O) groups excluding carboxylic acids is 1. The summed E-state index contributed by atoms with van der Waals surface area (Å²) in [6, 6.07) is 0. The summed E-state index contributed by atoms with van der Waals surface area (Å²) in [5, 5.41) is 0. The van der Waals surface area contributed by atoms with Crippen molar-refractivity contribution < 1.29 is 28.5 Å². The SMILES string of the molecule is CCCCO[C@H]1[C@H](OC(C)=O)[C@@H](COCC)OC[C@@H]1OCC. The molecule has 1 fully saturated rings. The Morgan fingerprint density at radius 3 is 2.50 bits per heavy atom. The number of hydrogen-bond acceptors (Lipinski definition) is 6. The Morgan fingerprint density at radius 1 is 1.14 bits per heavy atom. The highest BCUT2D eigenvalue weighted by Crippen LogP contribution is 2.24. The molecule has 6 nitrogen and oxygen atoms in total. The van der Waals surface area contributed by atoms with Crippen molar-refractivity contribution in [2.24, 2.45) is 0 Å². The van der Waals surface area contributed by atoms with Crippen molar-refractivity contribution >= 4 is 5.97 Å². The topological polar surface area (TPSA) is 63.2 Å². The number of esters is 1. The van der Waals surface area contributed by atoms with E-state index in [0.29, 0.717) is 33.0 Å². The first-order valence-electron chi connectivity index (χ1n) is 8.23. The molecule has 0 aromatic rings. The van der Waals surface area contributed by atoms with Crippen LogP contribution in [0.25, 0.3) is 0 Å². The van der Waals surface area contributed by atoms with Gasteiger partial charge in [0.25, 0.3) is 0 Å². The Hall–Kier alpha value is -0.690. The quantitative estimate of drug-likeness (QED) is 0.453. The van der Waals surface area contributed by atoms with Crippen LogP contribution in [0.4, 0.5) is 0 Å². The minimum Gasteiger partial charge on any atom is -0.457 e. The minimum atomic E-state index is -0.508. The zero-order valence-electron chi connectivity index (χ0n) is 14.2. The fourth-order valence-electron chi connectivity index (χ4n) is 2.47. The summed E-state index contributed by atoms with van der Waals surface area (Å²) in [6.45, 7) is 9.90. The van der Waals surface area contributed by atoms with E-state index in [1.54, 1.807) is 0 Å². The smallest absolute Gasteiger partial charge is 0.303 e. The average Bonchev–Trinajstić information content (AvgIpc) is 2.48. The van der Waals surface area contributed by atoms with Gasteiger partial charge in [0.05, 0.1) is 13.2 Å². The summed E-state index contributed by atoms with van der Waals surface area (Å²) in [5.74, 6) is -0.351. The number of ether oxygens (including phenoxy) is 5. The van der Waals surface area contributed by atoms with Crippen LogP contribution in [0.2, 0.25) is 0 Å². The number of unbranched alkanes of at least 4 members (excludes halogenated alkanes) is 1. The number of carbonyl (C=O) groups is 1. The summed E-state index contributed by atoms with van der Waals surface area (Å²) in [7, 11) is 0. The Bertz CT molecular complexity index is 309. The normalized spacial score (nSPS) is 28.5. The van der Waals surface area contributed by atoms with E-state index in [1.165, 1.54) is 6.92 Å². The molecule has 0 unspecified atom stereocenters. The maximum atomic E-state index is 11.5. The lowest BCUT2D eigenvalue weighted by Gasteiger charge is -2.41. The zero-order valence-corrected chi connectivity index (χ0v) is 14.2. The molecule has 1 heterocycles. The molecule has 0 bridgehead atoms. The first-order valence-corrected chi connectivity index (χ1v) is 8.23. The van der Waals surface area contributed by atoms with Gasteiger partial charge in [0.2, 0.25) is 0 Å². The van der Waals surface area contributed by atoms with Crippen molar-refractivity contribution in [2.75, 3.05) is 33.0 Å². The van der Waals surface area contributed by atoms with Crippen molar-refractivity contribution in [3.05, 3.63) is 0 Å². The Labute approximate surface area is 133 Å². The van der Waals surface area contributed by atoms with Gasteiger partial charge < -0.3 is 23.7 Å². The van der Waals surface area contributed by atoms with Crippen LogP contribution in [0.1, 0.15) is 40.5 Å². The van der Waals surface area contributed by atoms with Gasteiger partial charge in [-0.15, -0.1) is 0 Å². The third-order valence-electron chi connectivity index (χ3n) is 3.51. The highest BCUT2D eigenvalue weighted by molar-refractivity contribution is 5.66. The molecule has 0 aliphatic carbocycles. The highest BCUT2D eigenvalue weighted by Gasteiger charge is 2.44. The van der Waals surface area contributed by atoms with Crippen LogP contribution in [-0.4, -0.2) is 63.4 Å². The maximum Gasteiger partial charge on any atom is 0.303 e. The van der Waals surface area contributed by atoms with Crippen molar-refractivity contribution in [3.8, 4) is 0 Å². The second-order valence-corrected chi connectivity index (χ2v) is 5.29. The summed E-state index contributed by atoms with van der Waals surface area (Å²) in [6.07, 6.45) is 0.611. The van der Waals surface area contributed by atoms with E-state index < -0.39 is 6.10 Å². The molecule has 0 aromatic heterocycles. The molecule has 1 aliphatic heterocycles. The van der Waals surface area contributed by atoms with Crippen LogP contribution in [0.5, 0.6) is 0 Å². The lowest BCUT2D eigenvalue weighted by molar-refractivity contribution is -0.234. The fourth-order valence-corrected chi connectivity index (χ4v) is 2.47. The molecule has 0 N–H and O–H groups in total. The highest BCUT2D eigenvalue weighted by atomic mass is 16.6. The molecule has 6 heteroatoms. The van der Waals surface area contributed by atoms with E-state index >= 15 is 0 Å². The number of hydrogen-bond donors (Lipinski definition) is 0. The van der Waals surface area contributed by atoms with Crippen LogP contribution in [0, 0.1) is 0 Å². The van der Waals surface area contributed by atoms with E-state index in [-0.39, 0.29) is 24.3 Å². The van der Waals surface area contributed by atoms with Gasteiger partial charge in [0.15, 0.2) is 6.10 Å². The lowest BCUT2D eigenvalue weighted by atomic mass is 9.99. The molecule has 0 radical (unpaired) electrons. The van der Waals surface area contributed by atoms with Crippen LogP contribution in [0.3, 0.4) is 0 Å². The van der Waals surface area contributed by atoms with Crippen molar-refractivity contribution in [1.82, 2.24) is 0 Å². The van der Waals surface area contributed by atoms with Gasteiger partial charge in [-0.25, -0.2) is 0 Å². The summed E-state index contributed by atoms with van der Waals surface area (Å²) < 4.78 is 28.4. The summed E-state index contributed by atoms with van der Waals surface area (Å²) in [5.41, 5.74) is 0. The van der Waals surface area contributed by atoms with Gasteiger partial charge in [0.1, 0.15) is 18.3 Å². The molecule has 1 aliphatic rings. The molecular weight excluding hydrogens is 288 g/mol. The molecule has 0 spiro atoms. The van der Waals surface area contributed by atoms with Crippen LogP contribution >= 0.6 is 0 Å². The molecule has 130 valence electrons. The van der Waals surface area contributed by atoms with Gasteiger partial charge in [-0.05, 0) is 20.3 Å². The molecule has 22 heavy (non-hydrogen) atoms. The van der Waals surface area contributed by atoms with E-state index in [1.807, 2.05) is 13.8 Å². The first-order chi connectivity index (χ1) is 10.6. The molecule has 1 saturated heterocycles. The lowest BCUT2D eigenvalue weighted by Crippen LogP contribution is -2.58. The van der Waals surface area contributed by atoms with Crippen molar-refractivity contribution in [3.63, 3.8) is 0 Å². The van der Waals surface area contributed by atoms with Crippen molar-refractivity contribution in [2.45, 2.75) is 65.0 Å². The molecule has 1 rings (SSSR count). The Kier molecular flexibility index (Phi) is 9.63. The van der Waals surface area contributed by atoms with E-state index in [2.05, 4.69) is 6.92 Å². The van der Waals surface area contributed by atoms with Crippen molar-refractivity contribution in [1.29, 1.82) is 0 Å². The Balaban J connectivity index is 2.79. The van der Waals surface area contributed by atoms with Crippen LogP contribution in [-0.2, 0) is 28.5 Å². The Morgan fingerprint density at radius 2 is 1.91 bits per heavy atom. The van der Waals surface area contributed by atoms with Gasteiger partial charge >= 0.3 is 5.97 Å². The van der Waals surface area contributed by atoms with Crippen LogP contribution < -0.4 is 0 Å². The predicted molar refractivity (Wildman–Crippen MR) is 81.8 cm³/mol. The molecule has 0 saturated carbocycles. The zero-order chi connectivity index (χ0) is 16.4. The average molecular weight is 318 g/mol. The molecule has 4 atom stereocenters. The van der Waals surface area contributed by atoms with Gasteiger partial charge in [0, 0.05) is 26.7 Å². The third kappa shape index (κ3) is 6.20. The third-order valence-corrected chi connectivity index (χ3v) is 3.51. The van der Waals surface area contributed by atoms with Gasteiger partial charge in [-0.1, -0.05) is 13.3 Å². The van der Waals surface area contributed by atoms with Crippen LogP contribution in [0.15, 0.2) is 0 Å². The standard InChI is InChI=1S/C16H30O6/c1-5-8-9-20-15-14(19-7-3)11-21-13(10-18-6-2)16(15)22-12(4)17/h13-16H,5-11H2,1-4H3/t13-,14+,15-,16-/m1/s1. The van der Waals surface area contributed by atoms with E-state index in [4.69, 9.17) is 23.7 Å². The minimum absolute atomic E-state index is 0.232. The summed E-state index contributed by atoms with van der Waals surface area (Å²) in [4.78, 5) is 11.5. The molecular formula is C16H30O6. The molecule has 0 aromatic carbocycles. The summed E-state index contributed by atoms with van der Waals surface area (Å²) >= 11 is 0. The molecule has 0 amide bonds.